The zero-order chi connectivity index (χ0) is 15.3. The topological polar surface area (TPSA) is 81.7 Å². The summed E-state index contributed by atoms with van der Waals surface area (Å²) in [5.74, 6) is 0. The average molecular weight is 293 g/mol. The fourth-order valence-electron chi connectivity index (χ4n) is 1.13. The van der Waals surface area contributed by atoms with E-state index in [9.17, 15) is 13.2 Å². The van der Waals surface area contributed by atoms with Crippen molar-refractivity contribution < 1.29 is 22.1 Å². The second-order valence-electron chi connectivity index (χ2n) is 5.22. The summed E-state index contributed by atoms with van der Waals surface area (Å²) in [6, 6.07) is -0.547. The van der Waals surface area contributed by atoms with Gasteiger partial charge in [0.15, 0.2) is 0 Å². The normalized spacial score (nSPS) is 14.9. The lowest BCUT2D eigenvalue weighted by Gasteiger charge is -2.23. The smallest absolute Gasteiger partial charge is 0.408 e. The fourth-order valence-corrected chi connectivity index (χ4v) is 1.51. The lowest BCUT2D eigenvalue weighted by atomic mass is 10.1. The predicted octanol–water partition coefficient (Wildman–Crippen LogP) is 1.82. The summed E-state index contributed by atoms with van der Waals surface area (Å²) in [4.78, 5) is 11.6. The summed E-state index contributed by atoms with van der Waals surface area (Å²) >= 11 is 0. The maximum atomic E-state index is 11.6. The molecule has 1 N–H and O–H groups in total. The first-order chi connectivity index (χ1) is 8.44. The average Bonchev–Trinajstić information content (AvgIpc) is 2.19. The van der Waals surface area contributed by atoms with Crippen molar-refractivity contribution in [2.75, 3.05) is 12.9 Å². The van der Waals surface area contributed by atoms with Crippen LogP contribution < -0.4 is 5.32 Å². The molecule has 0 fully saturated rings. The number of hydrogen-bond acceptors (Lipinski definition) is 5. The van der Waals surface area contributed by atoms with E-state index in [0.717, 1.165) is 11.8 Å². The molecule has 0 aromatic rings. The van der Waals surface area contributed by atoms with Crippen LogP contribution in [0.3, 0.4) is 0 Å². The molecule has 1 amide bonds. The second kappa shape index (κ2) is 6.91. The van der Waals surface area contributed by atoms with Crippen molar-refractivity contribution in [3.63, 3.8) is 0 Å². The standard InChI is InChI=1S/C12H23NO5S/c1-7-9(2)10(8-17-19(6,15)16)13-11(14)18-12(3,4)5/h7,10H,8H2,1-6H3,(H,13,14). The Morgan fingerprint density at radius 3 is 2.26 bits per heavy atom. The number of allylic oxidation sites excluding steroid dienone is 1. The molecule has 0 radical (unpaired) electrons. The predicted molar refractivity (Wildman–Crippen MR) is 73.4 cm³/mol. The molecule has 0 aliphatic heterocycles. The van der Waals surface area contributed by atoms with Gasteiger partial charge in [-0.15, -0.1) is 0 Å². The van der Waals surface area contributed by atoms with Crippen molar-refractivity contribution >= 4 is 16.2 Å². The Morgan fingerprint density at radius 2 is 1.89 bits per heavy atom. The van der Waals surface area contributed by atoms with Gasteiger partial charge in [0.05, 0.1) is 18.9 Å². The Bertz CT molecular complexity index is 434. The molecule has 0 aliphatic rings. The van der Waals surface area contributed by atoms with Crippen LogP contribution in [0.2, 0.25) is 0 Å². The van der Waals surface area contributed by atoms with Gasteiger partial charge in [-0.05, 0) is 34.6 Å². The van der Waals surface area contributed by atoms with Crippen LogP contribution in [0.15, 0.2) is 11.6 Å². The zero-order valence-electron chi connectivity index (χ0n) is 12.3. The lowest BCUT2D eigenvalue weighted by molar-refractivity contribution is 0.0499. The maximum Gasteiger partial charge on any atom is 0.408 e. The van der Waals surface area contributed by atoms with Crippen molar-refractivity contribution in [3.8, 4) is 0 Å². The molecular weight excluding hydrogens is 270 g/mol. The molecule has 19 heavy (non-hydrogen) atoms. The number of nitrogens with one attached hydrogen (secondary N) is 1. The highest BCUT2D eigenvalue weighted by molar-refractivity contribution is 7.85. The van der Waals surface area contributed by atoms with E-state index in [1.807, 2.05) is 0 Å². The second-order valence-corrected chi connectivity index (χ2v) is 6.86. The van der Waals surface area contributed by atoms with E-state index in [-0.39, 0.29) is 6.61 Å². The van der Waals surface area contributed by atoms with Gasteiger partial charge >= 0.3 is 6.09 Å². The first kappa shape index (κ1) is 17.9. The van der Waals surface area contributed by atoms with E-state index in [1.165, 1.54) is 0 Å². The summed E-state index contributed by atoms with van der Waals surface area (Å²) < 4.78 is 31.8. The van der Waals surface area contributed by atoms with E-state index >= 15 is 0 Å². The SMILES string of the molecule is CC=C(C)C(COS(C)(=O)=O)NC(=O)OC(C)(C)C. The van der Waals surface area contributed by atoms with Crippen LogP contribution in [0.25, 0.3) is 0 Å². The van der Waals surface area contributed by atoms with Crippen LogP contribution in [0.5, 0.6) is 0 Å². The Hall–Kier alpha value is -1.08. The largest absolute Gasteiger partial charge is 0.444 e. The van der Waals surface area contributed by atoms with Crippen molar-refractivity contribution in [1.29, 1.82) is 0 Å². The maximum absolute atomic E-state index is 11.6. The van der Waals surface area contributed by atoms with E-state index in [2.05, 4.69) is 5.32 Å². The number of ether oxygens (including phenoxy) is 1. The summed E-state index contributed by atoms with van der Waals surface area (Å²) in [7, 11) is -3.55. The highest BCUT2D eigenvalue weighted by Gasteiger charge is 2.21. The molecule has 0 heterocycles. The van der Waals surface area contributed by atoms with Crippen LogP contribution in [0.4, 0.5) is 4.79 Å². The van der Waals surface area contributed by atoms with Gasteiger partial charge in [0.1, 0.15) is 5.60 Å². The van der Waals surface area contributed by atoms with E-state index < -0.39 is 27.9 Å². The lowest BCUT2D eigenvalue weighted by Crippen LogP contribution is -2.42. The third-order valence-corrected chi connectivity index (χ3v) is 2.71. The molecule has 0 spiro atoms. The van der Waals surface area contributed by atoms with Crippen LogP contribution >= 0.6 is 0 Å². The van der Waals surface area contributed by atoms with Crippen molar-refractivity contribution in [2.24, 2.45) is 0 Å². The first-order valence-electron chi connectivity index (χ1n) is 5.91. The van der Waals surface area contributed by atoms with Gasteiger partial charge in [0, 0.05) is 0 Å². The van der Waals surface area contributed by atoms with Crippen molar-refractivity contribution in [1.82, 2.24) is 5.32 Å². The Morgan fingerprint density at radius 1 is 1.37 bits per heavy atom. The summed E-state index contributed by atoms with van der Waals surface area (Å²) in [5.41, 5.74) is 0.172. The van der Waals surface area contributed by atoms with Gasteiger partial charge in [0.25, 0.3) is 10.1 Å². The van der Waals surface area contributed by atoms with Crippen LogP contribution in [-0.2, 0) is 19.0 Å². The van der Waals surface area contributed by atoms with Crippen molar-refractivity contribution in [3.05, 3.63) is 11.6 Å². The number of rotatable bonds is 5. The molecule has 7 heteroatoms. The number of carbonyl (C=O) groups excluding carboxylic acids is 1. The summed E-state index contributed by atoms with van der Waals surface area (Å²) in [6.07, 6.45) is 2.12. The third kappa shape index (κ3) is 9.49. The minimum absolute atomic E-state index is 0.158. The van der Waals surface area contributed by atoms with E-state index in [4.69, 9.17) is 8.92 Å². The molecule has 0 saturated carbocycles. The van der Waals surface area contributed by atoms with E-state index in [0.29, 0.717) is 0 Å². The highest BCUT2D eigenvalue weighted by atomic mass is 32.2. The number of hydrogen-bond donors (Lipinski definition) is 1. The van der Waals surface area contributed by atoms with Gasteiger partial charge in [-0.3, -0.25) is 4.18 Å². The molecule has 0 aromatic carbocycles. The highest BCUT2D eigenvalue weighted by Crippen LogP contribution is 2.09. The molecule has 6 nitrogen and oxygen atoms in total. The molecule has 0 bridgehead atoms. The van der Waals surface area contributed by atoms with Crippen LogP contribution in [0, 0.1) is 0 Å². The van der Waals surface area contributed by atoms with Gasteiger partial charge in [-0.2, -0.15) is 8.42 Å². The number of amides is 1. The monoisotopic (exact) mass is 293 g/mol. The number of carbonyl (C=O) groups is 1. The summed E-state index contributed by atoms with van der Waals surface area (Å²) in [5, 5.41) is 2.58. The molecule has 1 unspecified atom stereocenters. The zero-order valence-corrected chi connectivity index (χ0v) is 13.1. The van der Waals surface area contributed by atoms with Crippen LogP contribution in [0.1, 0.15) is 34.6 Å². The number of alkyl carbamates (subject to hydrolysis) is 1. The molecule has 0 saturated heterocycles. The van der Waals surface area contributed by atoms with Gasteiger partial charge in [0.2, 0.25) is 0 Å². The quantitative estimate of drug-likeness (QED) is 0.617. The van der Waals surface area contributed by atoms with Crippen molar-refractivity contribution in [2.45, 2.75) is 46.3 Å². The minimum Gasteiger partial charge on any atom is -0.444 e. The minimum atomic E-state index is -3.55. The van der Waals surface area contributed by atoms with Crippen LogP contribution in [-0.4, -0.2) is 39.0 Å². The fraction of sp³-hybridized carbons (Fsp3) is 0.750. The molecule has 112 valence electrons. The first-order valence-corrected chi connectivity index (χ1v) is 7.73. The van der Waals surface area contributed by atoms with Gasteiger partial charge in [-0.1, -0.05) is 11.6 Å². The third-order valence-electron chi connectivity index (χ3n) is 2.14. The summed E-state index contributed by atoms with van der Waals surface area (Å²) in [6.45, 7) is 8.65. The molecule has 0 aromatic heterocycles. The molecule has 0 aliphatic carbocycles. The molecular formula is C12H23NO5S. The van der Waals surface area contributed by atoms with E-state index in [1.54, 1.807) is 40.7 Å². The Kier molecular flexibility index (Phi) is 6.51. The molecule has 0 rings (SSSR count). The Labute approximate surface area is 115 Å². The Balaban J connectivity index is 4.66. The van der Waals surface area contributed by atoms with Gasteiger partial charge in [-0.25, -0.2) is 4.79 Å². The molecule has 1 atom stereocenters. The van der Waals surface area contributed by atoms with Gasteiger partial charge < -0.3 is 10.1 Å².